The zero-order valence-corrected chi connectivity index (χ0v) is 14.4. The second-order valence-electron chi connectivity index (χ2n) is 6.43. The minimum absolute atomic E-state index is 0.286. The number of hydrogen-bond donors (Lipinski definition) is 5. The summed E-state index contributed by atoms with van der Waals surface area (Å²) in [6.45, 7) is 0.917. The van der Waals surface area contributed by atoms with Crippen LogP contribution in [0, 0.1) is 11.6 Å². The van der Waals surface area contributed by atoms with Crippen LogP contribution in [0.1, 0.15) is 17.3 Å². The molecule has 28 heavy (non-hydrogen) atoms. The molecule has 1 saturated heterocycles. The predicted molar refractivity (Wildman–Crippen MR) is 88.8 cm³/mol. The first-order valence-electron chi connectivity index (χ1n) is 8.23. The summed E-state index contributed by atoms with van der Waals surface area (Å²) in [5.41, 5.74) is -2.60. The number of rotatable bonds is 3. The summed E-state index contributed by atoms with van der Waals surface area (Å²) in [5, 5.41) is 40.5. The maximum absolute atomic E-state index is 13.8. The summed E-state index contributed by atoms with van der Waals surface area (Å²) < 4.78 is 37.4. The van der Waals surface area contributed by atoms with E-state index in [9.17, 15) is 33.7 Å². The van der Waals surface area contributed by atoms with E-state index in [2.05, 4.69) is 9.73 Å². The molecule has 5 unspecified atom stereocenters. The van der Waals surface area contributed by atoms with E-state index < -0.39 is 77.1 Å². The number of fused-ring (bicyclic) bond motifs is 1. The van der Waals surface area contributed by atoms with E-state index in [1.165, 1.54) is 6.92 Å². The number of carbonyl (C=O) groups is 1. The number of amides is 1. The van der Waals surface area contributed by atoms with E-state index in [4.69, 9.17) is 9.84 Å². The van der Waals surface area contributed by atoms with E-state index in [0.29, 0.717) is 6.07 Å². The van der Waals surface area contributed by atoms with Crippen LogP contribution in [0.25, 0.3) is 11.0 Å². The highest BCUT2D eigenvalue weighted by Gasteiger charge is 2.43. The summed E-state index contributed by atoms with van der Waals surface area (Å²) in [5.74, 6) is -5.16. The Kier molecular flexibility index (Phi) is 5.35. The molecule has 0 aliphatic carbocycles. The average molecular weight is 401 g/mol. The summed E-state index contributed by atoms with van der Waals surface area (Å²) in [6.07, 6.45) is -4.89. The Balaban J connectivity index is 1.92. The number of aliphatic hydroxyl groups is 3. The van der Waals surface area contributed by atoms with E-state index in [1.54, 1.807) is 0 Å². The maximum atomic E-state index is 13.8. The smallest absolute Gasteiger partial charge is 0.349 e. The molecule has 1 amide bonds. The second kappa shape index (κ2) is 7.43. The van der Waals surface area contributed by atoms with Gasteiger partial charge in [0.15, 0.2) is 17.1 Å². The SMILES string of the molecule is CC1OC(CO)C(O)C(O)C1NC(=O)c1cc2cc(F)c(O)c(F)c2oc1=O. The van der Waals surface area contributed by atoms with Gasteiger partial charge in [-0.25, -0.2) is 9.18 Å². The molecule has 5 atom stereocenters. The van der Waals surface area contributed by atoms with Gasteiger partial charge in [-0.2, -0.15) is 4.39 Å². The van der Waals surface area contributed by atoms with Crippen LogP contribution in [-0.2, 0) is 4.74 Å². The van der Waals surface area contributed by atoms with Crippen LogP contribution in [0.4, 0.5) is 8.78 Å². The molecule has 1 aliphatic heterocycles. The van der Waals surface area contributed by atoms with Crippen LogP contribution in [0.3, 0.4) is 0 Å². The number of phenols is 1. The number of aromatic hydroxyl groups is 1. The maximum Gasteiger partial charge on any atom is 0.349 e. The molecule has 0 spiro atoms. The number of hydrogen-bond acceptors (Lipinski definition) is 8. The van der Waals surface area contributed by atoms with Crippen LogP contribution in [0.2, 0.25) is 0 Å². The lowest BCUT2D eigenvalue weighted by molar-refractivity contribution is -0.187. The minimum atomic E-state index is -1.51. The Morgan fingerprint density at radius 1 is 1.25 bits per heavy atom. The van der Waals surface area contributed by atoms with Crippen molar-refractivity contribution in [1.82, 2.24) is 5.32 Å². The van der Waals surface area contributed by atoms with Crippen molar-refractivity contribution in [2.75, 3.05) is 6.61 Å². The molecule has 5 N–H and O–H groups in total. The molecule has 1 fully saturated rings. The number of halogens is 2. The Morgan fingerprint density at radius 3 is 2.57 bits per heavy atom. The normalized spacial score (nSPS) is 27.7. The van der Waals surface area contributed by atoms with E-state index in [-0.39, 0.29) is 5.39 Å². The van der Waals surface area contributed by atoms with Crippen molar-refractivity contribution in [3.8, 4) is 5.75 Å². The van der Waals surface area contributed by atoms with Crippen molar-refractivity contribution >= 4 is 16.9 Å². The summed E-state index contributed by atoms with van der Waals surface area (Å²) >= 11 is 0. The summed E-state index contributed by atoms with van der Waals surface area (Å²) in [7, 11) is 0. The van der Waals surface area contributed by atoms with Gasteiger partial charge in [-0.1, -0.05) is 0 Å². The molecule has 152 valence electrons. The summed E-state index contributed by atoms with van der Waals surface area (Å²) in [4.78, 5) is 24.5. The molecule has 9 nitrogen and oxygen atoms in total. The molecule has 11 heteroatoms. The van der Waals surface area contributed by atoms with Gasteiger partial charge >= 0.3 is 5.63 Å². The van der Waals surface area contributed by atoms with Gasteiger partial charge in [-0.15, -0.1) is 0 Å². The van der Waals surface area contributed by atoms with Crippen LogP contribution in [0.5, 0.6) is 5.75 Å². The van der Waals surface area contributed by atoms with Crippen LogP contribution in [-0.4, -0.2) is 63.4 Å². The van der Waals surface area contributed by atoms with Crippen molar-refractivity contribution < 1.29 is 43.2 Å². The number of ether oxygens (including phenoxy) is 1. The number of carbonyl (C=O) groups excluding carboxylic acids is 1. The summed E-state index contributed by atoms with van der Waals surface area (Å²) in [6, 6.07) is 0.411. The van der Waals surface area contributed by atoms with Gasteiger partial charge in [0.25, 0.3) is 5.91 Å². The molecular formula is C17H17F2NO8. The third kappa shape index (κ3) is 3.33. The molecule has 0 saturated carbocycles. The Labute approximate surface area is 155 Å². The van der Waals surface area contributed by atoms with Gasteiger partial charge in [0.2, 0.25) is 5.82 Å². The van der Waals surface area contributed by atoms with Crippen LogP contribution in [0.15, 0.2) is 21.3 Å². The van der Waals surface area contributed by atoms with Crippen molar-refractivity contribution in [3.63, 3.8) is 0 Å². The van der Waals surface area contributed by atoms with E-state index >= 15 is 0 Å². The van der Waals surface area contributed by atoms with Gasteiger partial charge in [0.1, 0.15) is 23.9 Å². The lowest BCUT2D eigenvalue weighted by Crippen LogP contribution is -2.63. The molecule has 2 aromatic rings. The molecule has 1 aromatic heterocycles. The zero-order chi connectivity index (χ0) is 20.7. The van der Waals surface area contributed by atoms with Gasteiger partial charge < -0.3 is 34.9 Å². The number of benzene rings is 1. The second-order valence-corrected chi connectivity index (χ2v) is 6.43. The molecule has 0 bridgehead atoms. The average Bonchev–Trinajstić information content (AvgIpc) is 2.66. The van der Waals surface area contributed by atoms with Gasteiger partial charge in [-0.3, -0.25) is 4.79 Å². The predicted octanol–water partition coefficient (Wildman–Crippen LogP) is -0.623. The standard InChI is InChI=1S/C17H17F2NO8/c1-5-11(14(24)13(23)9(4-21)27-5)20-16(25)7-2-6-3-8(18)12(22)10(19)15(6)28-17(7)26/h2-3,5,9,11,13-14,21-24H,4H2,1H3,(H,20,25). The van der Waals surface area contributed by atoms with Crippen LogP contribution < -0.4 is 10.9 Å². The topological polar surface area (TPSA) is 149 Å². The highest BCUT2D eigenvalue weighted by Crippen LogP contribution is 2.28. The van der Waals surface area contributed by atoms with Crippen molar-refractivity contribution in [3.05, 3.63) is 39.8 Å². The molecule has 1 aliphatic rings. The fourth-order valence-corrected chi connectivity index (χ4v) is 3.07. The number of nitrogens with one attached hydrogen (secondary N) is 1. The number of phenolic OH excluding ortho intramolecular Hbond substituents is 1. The monoisotopic (exact) mass is 401 g/mol. The molecular weight excluding hydrogens is 384 g/mol. The van der Waals surface area contributed by atoms with Crippen molar-refractivity contribution in [2.45, 2.75) is 37.4 Å². The number of aliphatic hydroxyl groups excluding tert-OH is 3. The quantitative estimate of drug-likeness (QED) is 0.427. The first-order chi connectivity index (χ1) is 13.1. The minimum Gasteiger partial charge on any atom is -0.503 e. The molecule has 3 rings (SSSR count). The lowest BCUT2D eigenvalue weighted by Gasteiger charge is -2.41. The van der Waals surface area contributed by atoms with Gasteiger partial charge in [0, 0.05) is 5.39 Å². The molecule has 2 heterocycles. The van der Waals surface area contributed by atoms with E-state index in [1.807, 2.05) is 0 Å². The lowest BCUT2D eigenvalue weighted by atomic mass is 9.93. The zero-order valence-electron chi connectivity index (χ0n) is 14.4. The van der Waals surface area contributed by atoms with Crippen molar-refractivity contribution in [1.29, 1.82) is 0 Å². The highest BCUT2D eigenvalue weighted by molar-refractivity contribution is 5.97. The molecule has 1 aromatic carbocycles. The first kappa shape index (κ1) is 20.1. The highest BCUT2D eigenvalue weighted by atomic mass is 19.1. The van der Waals surface area contributed by atoms with Crippen LogP contribution >= 0.6 is 0 Å². The van der Waals surface area contributed by atoms with Crippen molar-refractivity contribution in [2.24, 2.45) is 0 Å². The first-order valence-corrected chi connectivity index (χ1v) is 8.23. The largest absolute Gasteiger partial charge is 0.503 e. The fourth-order valence-electron chi connectivity index (χ4n) is 3.07. The Hall–Kier alpha value is -2.60. The Morgan fingerprint density at radius 2 is 1.93 bits per heavy atom. The van der Waals surface area contributed by atoms with E-state index in [0.717, 1.165) is 6.07 Å². The Bertz CT molecular complexity index is 978. The third-order valence-corrected chi connectivity index (χ3v) is 4.61. The third-order valence-electron chi connectivity index (χ3n) is 4.61. The molecule has 0 radical (unpaired) electrons. The fraction of sp³-hybridized carbons (Fsp3) is 0.412. The van der Waals surface area contributed by atoms with Gasteiger partial charge in [-0.05, 0) is 19.1 Å². The van der Waals surface area contributed by atoms with Gasteiger partial charge in [0.05, 0.1) is 18.8 Å².